The number of likely N-dealkylation sites (tertiary alicyclic amines) is 1. The summed E-state index contributed by atoms with van der Waals surface area (Å²) in [4.78, 5) is 39.1. The molecule has 0 saturated carbocycles. The van der Waals surface area contributed by atoms with Crippen molar-refractivity contribution in [2.45, 2.75) is 38.2 Å². The average Bonchev–Trinajstić information content (AvgIpc) is 2.87. The maximum atomic E-state index is 13.1. The first-order valence-corrected chi connectivity index (χ1v) is 11.2. The SMILES string of the molecule is CC[C@H](Oc1ccccc1OC)C(=O)N1CCC(c2nc(-c3ccccn3)cc(=O)[nH]2)CC1. The lowest BCUT2D eigenvalue weighted by Crippen LogP contribution is -2.45. The van der Waals surface area contributed by atoms with E-state index in [2.05, 4.69) is 15.0 Å². The van der Waals surface area contributed by atoms with Crippen LogP contribution in [0.4, 0.5) is 0 Å². The Morgan fingerprint density at radius 2 is 1.85 bits per heavy atom. The molecule has 172 valence electrons. The predicted octanol–water partition coefficient (Wildman–Crippen LogP) is 3.40. The van der Waals surface area contributed by atoms with Gasteiger partial charge in [0, 0.05) is 31.3 Å². The number of benzene rings is 1. The molecule has 4 rings (SSSR count). The van der Waals surface area contributed by atoms with E-state index in [1.54, 1.807) is 19.4 Å². The predicted molar refractivity (Wildman–Crippen MR) is 124 cm³/mol. The lowest BCUT2D eigenvalue weighted by Gasteiger charge is -2.33. The van der Waals surface area contributed by atoms with E-state index in [1.165, 1.54) is 6.07 Å². The monoisotopic (exact) mass is 448 g/mol. The van der Waals surface area contributed by atoms with Crippen molar-refractivity contribution in [2.24, 2.45) is 0 Å². The van der Waals surface area contributed by atoms with E-state index in [-0.39, 0.29) is 17.4 Å². The van der Waals surface area contributed by atoms with Crippen molar-refractivity contribution in [1.29, 1.82) is 0 Å². The molecule has 1 saturated heterocycles. The second-order valence-corrected chi connectivity index (χ2v) is 8.00. The van der Waals surface area contributed by atoms with Crippen molar-refractivity contribution in [1.82, 2.24) is 19.9 Å². The van der Waals surface area contributed by atoms with Crippen molar-refractivity contribution in [3.63, 3.8) is 0 Å². The molecule has 0 unspecified atom stereocenters. The second-order valence-electron chi connectivity index (χ2n) is 8.00. The van der Waals surface area contributed by atoms with E-state index >= 15 is 0 Å². The van der Waals surface area contributed by atoms with Crippen LogP contribution in [0.15, 0.2) is 59.5 Å². The summed E-state index contributed by atoms with van der Waals surface area (Å²) in [5.74, 6) is 1.84. The lowest BCUT2D eigenvalue weighted by atomic mass is 9.95. The first-order chi connectivity index (χ1) is 16.1. The third kappa shape index (κ3) is 5.22. The van der Waals surface area contributed by atoms with Crippen LogP contribution in [0.3, 0.4) is 0 Å². The first kappa shape index (κ1) is 22.5. The highest BCUT2D eigenvalue weighted by molar-refractivity contribution is 5.81. The van der Waals surface area contributed by atoms with Gasteiger partial charge in [0.05, 0.1) is 18.5 Å². The number of hydrogen-bond donors (Lipinski definition) is 1. The fraction of sp³-hybridized carbons (Fsp3) is 0.360. The number of carbonyl (C=O) groups excluding carboxylic acids is 1. The van der Waals surface area contributed by atoms with Crippen molar-refractivity contribution in [3.05, 3.63) is 70.9 Å². The minimum absolute atomic E-state index is 0.0365. The maximum Gasteiger partial charge on any atom is 0.263 e. The van der Waals surface area contributed by atoms with Crippen LogP contribution in [0.25, 0.3) is 11.4 Å². The molecule has 1 aliphatic rings. The highest BCUT2D eigenvalue weighted by Crippen LogP contribution is 2.30. The number of methoxy groups -OCH3 is 1. The fourth-order valence-corrected chi connectivity index (χ4v) is 4.07. The van der Waals surface area contributed by atoms with Crippen molar-refractivity contribution >= 4 is 5.91 Å². The molecular formula is C25H28N4O4. The van der Waals surface area contributed by atoms with Gasteiger partial charge in [-0.2, -0.15) is 0 Å². The molecule has 0 spiro atoms. The molecule has 3 aromatic rings. The number of H-pyrrole nitrogens is 1. The Kier molecular flexibility index (Phi) is 7.02. The number of piperidine rings is 1. The molecule has 0 radical (unpaired) electrons. The van der Waals surface area contributed by atoms with Gasteiger partial charge in [0.1, 0.15) is 5.82 Å². The molecule has 1 aromatic carbocycles. The number of nitrogens with one attached hydrogen (secondary N) is 1. The highest BCUT2D eigenvalue weighted by Gasteiger charge is 2.30. The summed E-state index contributed by atoms with van der Waals surface area (Å²) in [5.41, 5.74) is 1.02. The Hall–Kier alpha value is -3.68. The van der Waals surface area contributed by atoms with Gasteiger partial charge in [-0.15, -0.1) is 0 Å². The summed E-state index contributed by atoms with van der Waals surface area (Å²) in [5, 5.41) is 0. The molecule has 0 aliphatic carbocycles. The second kappa shape index (κ2) is 10.3. The Morgan fingerprint density at radius 1 is 1.12 bits per heavy atom. The number of rotatable bonds is 7. The third-order valence-electron chi connectivity index (χ3n) is 5.87. The standard InChI is InChI=1S/C25H28N4O4/c1-3-20(33-22-10-5-4-9-21(22)32-2)25(31)29-14-11-17(12-15-29)24-27-19(16-23(30)28-24)18-8-6-7-13-26-18/h4-10,13,16-17,20H,3,11-12,14-15H2,1-2H3,(H,27,28,30)/t20-/m0/s1. The molecule has 1 aliphatic heterocycles. The van der Waals surface area contributed by atoms with E-state index in [1.807, 2.05) is 48.2 Å². The summed E-state index contributed by atoms with van der Waals surface area (Å²) < 4.78 is 11.3. The molecule has 1 N–H and O–H groups in total. The molecule has 2 aromatic heterocycles. The van der Waals surface area contributed by atoms with Crippen LogP contribution >= 0.6 is 0 Å². The molecular weight excluding hydrogens is 420 g/mol. The zero-order valence-electron chi connectivity index (χ0n) is 18.9. The number of carbonyl (C=O) groups is 1. The van der Waals surface area contributed by atoms with Gasteiger partial charge >= 0.3 is 0 Å². The van der Waals surface area contributed by atoms with E-state index in [0.717, 1.165) is 0 Å². The average molecular weight is 449 g/mol. The fourth-order valence-electron chi connectivity index (χ4n) is 4.07. The van der Waals surface area contributed by atoms with E-state index in [0.29, 0.717) is 61.1 Å². The minimum Gasteiger partial charge on any atom is -0.493 e. The van der Waals surface area contributed by atoms with Crippen LogP contribution < -0.4 is 15.0 Å². The smallest absolute Gasteiger partial charge is 0.263 e. The number of nitrogens with zero attached hydrogens (tertiary/aromatic N) is 3. The number of aromatic amines is 1. The Morgan fingerprint density at radius 3 is 2.52 bits per heavy atom. The van der Waals surface area contributed by atoms with Gasteiger partial charge in [0.2, 0.25) is 0 Å². The Balaban J connectivity index is 1.42. The van der Waals surface area contributed by atoms with Crippen LogP contribution in [0.1, 0.15) is 37.9 Å². The number of pyridine rings is 1. The van der Waals surface area contributed by atoms with Crippen molar-refractivity contribution < 1.29 is 14.3 Å². The zero-order chi connectivity index (χ0) is 23.2. The van der Waals surface area contributed by atoms with Gasteiger partial charge in [0.15, 0.2) is 17.6 Å². The Bertz CT molecular complexity index is 1140. The molecule has 1 atom stereocenters. The Labute approximate surface area is 192 Å². The lowest BCUT2D eigenvalue weighted by molar-refractivity contribution is -0.140. The van der Waals surface area contributed by atoms with Crippen molar-refractivity contribution in [3.8, 4) is 22.9 Å². The van der Waals surface area contributed by atoms with Gasteiger partial charge < -0.3 is 19.4 Å². The van der Waals surface area contributed by atoms with E-state index in [4.69, 9.17) is 9.47 Å². The largest absolute Gasteiger partial charge is 0.493 e. The van der Waals surface area contributed by atoms with Gasteiger partial charge in [-0.05, 0) is 43.5 Å². The minimum atomic E-state index is -0.580. The number of hydrogen-bond acceptors (Lipinski definition) is 6. The molecule has 33 heavy (non-hydrogen) atoms. The van der Waals surface area contributed by atoms with E-state index < -0.39 is 6.10 Å². The van der Waals surface area contributed by atoms with Gasteiger partial charge in [-0.3, -0.25) is 14.6 Å². The molecule has 3 heterocycles. The number of aromatic nitrogens is 3. The summed E-state index contributed by atoms with van der Waals surface area (Å²) in [7, 11) is 1.58. The van der Waals surface area contributed by atoms with Crippen LogP contribution in [-0.4, -0.2) is 52.1 Å². The number of para-hydroxylation sites is 2. The topological polar surface area (TPSA) is 97.4 Å². The molecule has 0 bridgehead atoms. The zero-order valence-corrected chi connectivity index (χ0v) is 18.9. The van der Waals surface area contributed by atoms with Crippen LogP contribution in [0, 0.1) is 0 Å². The first-order valence-electron chi connectivity index (χ1n) is 11.2. The summed E-state index contributed by atoms with van der Waals surface area (Å²) >= 11 is 0. The summed E-state index contributed by atoms with van der Waals surface area (Å²) in [6.45, 7) is 3.09. The number of ether oxygens (including phenoxy) is 2. The van der Waals surface area contributed by atoms with Gasteiger partial charge in [0.25, 0.3) is 11.5 Å². The van der Waals surface area contributed by atoms with Gasteiger partial charge in [-0.25, -0.2) is 4.98 Å². The number of amides is 1. The maximum absolute atomic E-state index is 13.1. The highest BCUT2D eigenvalue weighted by atomic mass is 16.5. The summed E-state index contributed by atoms with van der Waals surface area (Å²) in [6, 6.07) is 14.3. The molecule has 8 nitrogen and oxygen atoms in total. The third-order valence-corrected chi connectivity index (χ3v) is 5.87. The van der Waals surface area contributed by atoms with Crippen LogP contribution in [-0.2, 0) is 4.79 Å². The van der Waals surface area contributed by atoms with Crippen LogP contribution in [0.5, 0.6) is 11.5 Å². The normalized spacial score (nSPS) is 15.2. The van der Waals surface area contributed by atoms with E-state index in [9.17, 15) is 9.59 Å². The van der Waals surface area contributed by atoms with Crippen LogP contribution in [0.2, 0.25) is 0 Å². The van der Waals surface area contributed by atoms with Crippen molar-refractivity contribution in [2.75, 3.05) is 20.2 Å². The van der Waals surface area contributed by atoms with Gasteiger partial charge in [-0.1, -0.05) is 25.1 Å². The quantitative estimate of drug-likeness (QED) is 0.595. The molecule has 1 fully saturated rings. The molecule has 1 amide bonds. The molecule has 8 heteroatoms. The summed E-state index contributed by atoms with van der Waals surface area (Å²) in [6.07, 6.45) is 3.08.